The third-order valence-electron chi connectivity index (χ3n) is 7.71. The Hall–Kier alpha value is -5.41. The number of hydrogen-bond acceptors (Lipinski definition) is 3. The number of hydrogen-bond donors (Lipinski definition) is 0. The van der Waals surface area contributed by atoms with E-state index in [1.807, 2.05) is 6.20 Å². The predicted octanol–water partition coefficient (Wildman–Crippen LogP) is 9.49. The van der Waals surface area contributed by atoms with Crippen LogP contribution in [0.3, 0.4) is 0 Å². The van der Waals surface area contributed by atoms with E-state index in [0.29, 0.717) is 0 Å². The second-order valence-electron chi connectivity index (χ2n) is 10.1. The lowest BCUT2D eigenvalue weighted by molar-refractivity contribution is 1.30. The first-order chi connectivity index (χ1) is 19.8. The first kappa shape index (κ1) is 22.6. The zero-order valence-corrected chi connectivity index (χ0v) is 21.6. The minimum Gasteiger partial charge on any atom is -0.256 e. The highest BCUT2D eigenvalue weighted by Gasteiger charge is 2.11. The molecule has 0 amide bonds. The molecule has 3 nitrogen and oxygen atoms in total. The molecule has 0 saturated carbocycles. The summed E-state index contributed by atoms with van der Waals surface area (Å²) in [4.78, 5) is 15.1. The van der Waals surface area contributed by atoms with Crippen molar-refractivity contribution in [2.75, 3.05) is 0 Å². The summed E-state index contributed by atoms with van der Waals surface area (Å²) in [6.45, 7) is 0. The van der Waals surface area contributed by atoms with Crippen molar-refractivity contribution < 1.29 is 0 Å². The Morgan fingerprint density at radius 3 is 1.48 bits per heavy atom. The van der Waals surface area contributed by atoms with Gasteiger partial charge in [-0.3, -0.25) is 4.98 Å². The molecule has 0 aliphatic carbocycles. The zero-order chi connectivity index (χ0) is 26.5. The molecule has 0 spiro atoms. The van der Waals surface area contributed by atoms with Crippen molar-refractivity contribution in [1.29, 1.82) is 0 Å². The van der Waals surface area contributed by atoms with Gasteiger partial charge >= 0.3 is 0 Å². The van der Waals surface area contributed by atoms with Crippen LogP contribution < -0.4 is 0 Å². The minimum absolute atomic E-state index is 0.884. The molecule has 3 aromatic heterocycles. The molecule has 0 aliphatic heterocycles. The maximum Gasteiger partial charge on any atom is 0.0972 e. The largest absolute Gasteiger partial charge is 0.256 e. The Labute approximate surface area is 231 Å². The maximum atomic E-state index is 5.16. The average molecular weight is 510 g/mol. The van der Waals surface area contributed by atoms with Crippen molar-refractivity contribution in [3.8, 4) is 33.8 Å². The molecule has 0 atom stereocenters. The lowest BCUT2D eigenvalue weighted by Crippen LogP contribution is -1.92. The third-order valence-corrected chi connectivity index (χ3v) is 7.71. The van der Waals surface area contributed by atoms with Crippen LogP contribution in [0.1, 0.15) is 0 Å². The molecule has 0 unspecified atom stereocenters. The Bertz CT molecular complexity index is 2200. The fourth-order valence-corrected chi connectivity index (χ4v) is 5.68. The Balaban J connectivity index is 1.24. The van der Waals surface area contributed by atoms with Crippen molar-refractivity contribution >= 4 is 43.4 Å². The molecule has 0 aliphatic rings. The molecular weight excluding hydrogens is 486 g/mol. The van der Waals surface area contributed by atoms with Crippen LogP contribution in [0.5, 0.6) is 0 Å². The van der Waals surface area contributed by atoms with E-state index in [4.69, 9.17) is 15.0 Å². The fourth-order valence-electron chi connectivity index (χ4n) is 5.68. The highest BCUT2D eigenvalue weighted by atomic mass is 14.8. The summed E-state index contributed by atoms with van der Waals surface area (Å²) in [6, 6.07) is 46.5. The van der Waals surface area contributed by atoms with Gasteiger partial charge in [-0.15, -0.1) is 0 Å². The molecule has 0 N–H and O–H groups in total. The standard InChI is InChI=1S/C37H23N3/c1-3-11-29-24(7-1)9-5-13-31(29)34-21-19-28(23-38-34)33-20-17-26-15-16-27-18-22-35(40-37(27)36(26)39-33)32-14-6-10-25-8-2-4-12-30(25)32/h1-23H. The fraction of sp³-hybridized carbons (Fsp3) is 0. The molecule has 8 rings (SSSR count). The van der Waals surface area contributed by atoms with E-state index in [0.717, 1.165) is 55.6 Å². The van der Waals surface area contributed by atoms with Gasteiger partial charge in [0.15, 0.2) is 0 Å². The van der Waals surface area contributed by atoms with Crippen molar-refractivity contribution in [3.63, 3.8) is 0 Å². The SMILES string of the molecule is c1ccc2c(-c3ccc(-c4ccc5ccc6ccc(-c7cccc8ccccc78)nc6c5n4)cn3)cccc2c1. The van der Waals surface area contributed by atoms with E-state index in [9.17, 15) is 0 Å². The molecule has 3 heterocycles. The molecule has 186 valence electrons. The second kappa shape index (κ2) is 9.11. The Morgan fingerprint density at radius 1 is 0.350 bits per heavy atom. The first-order valence-electron chi connectivity index (χ1n) is 13.5. The number of aromatic nitrogens is 3. The van der Waals surface area contributed by atoms with Crippen LogP contribution in [-0.4, -0.2) is 15.0 Å². The summed E-state index contributed by atoms with van der Waals surface area (Å²) in [6.07, 6.45) is 1.92. The van der Waals surface area contributed by atoms with Crippen LogP contribution >= 0.6 is 0 Å². The van der Waals surface area contributed by atoms with Gasteiger partial charge in [-0.1, -0.05) is 109 Å². The normalized spacial score (nSPS) is 11.5. The molecule has 0 bridgehead atoms. The summed E-state index contributed by atoms with van der Waals surface area (Å²) in [7, 11) is 0. The van der Waals surface area contributed by atoms with Gasteiger partial charge in [0.1, 0.15) is 0 Å². The monoisotopic (exact) mass is 509 g/mol. The molecule has 0 radical (unpaired) electrons. The minimum atomic E-state index is 0.884. The van der Waals surface area contributed by atoms with Gasteiger partial charge in [0.05, 0.1) is 28.1 Å². The topological polar surface area (TPSA) is 38.7 Å². The van der Waals surface area contributed by atoms with E-state index in [-0.39, 0.29) is 0 Å². The highest BCUT2D eigenvalue weighted by molar-refractivity contribution is 6.05. The predicted molar refractivity (Wildman–Crippen MR) is 166 cm³/mol. The summed E-state index contributed by atoms with van der Waals surface area (Å²) >= 11 is 0. The third kappa shape index (κ3) is 3.71. The Morgan fingerprint density at radius 2 is 0.850 bits per heavy atom. The zero-order valence-electron chi connectivity index (χ0n) is 21.6. The summed E-state index contributed by atoms with van der Waals surface area (Å²) in [5, 5.41) is 6.96. The van der Waals surface area contributed by atoms with E-state index in [2.05, 4.69) is 133 Å². The smallest absolute Gasteiger partial charge is 0.0972 e. The van der Waals surface area contributed by atoms with Crippen LogP contribution in [0.25, 0.3) is 77.1 Å². The number of fused-ring (bicyclic) bond motifs is 5. The number of pyridine rings is 3. The Kier molecular flexibility index (Phi) is 5.14. The van der Waals surface area contributed by atoms with Gasteiger partial charge in [0.25, 0.3) is 0 Å². The molecule has 5 aromatic carbocycles. The number of nitrogens with zero attached hydrogens (tertiary/aromatic N) is 3. The van der Waals surface area contributed by atoms with Crippen LogP contribution in [0, 0.1) is 0 Å². The quantitative estimate of drug-likeness (QED) is 0.223. The van der Waals surface area contributed by atoms with Gasteiger partial charge in [-0.25, -0.2) is 9.97 Å². The van der Waals surface area contributed by atoms with Crippen LogP contribution in [0.15, 0.2) is 140 Å². The first-order valence-corrected chi connectivity index (χ1v) is 13.5. The maximum absolute atomic E-state index is 5.16. The van der Waals surface area contributed by atoms with Crippen molar-refractivity contribution in [1.82, 2.24) is 15.0 Å². The van der Waals surface area contributed by atoms with Crippen molar-refractivity contribution in [2.24, 2.45) is 0 Å². The van der Waals surface area contributed by atoms with Crippen LogP contribution in [0.2, 0.25) is 0 Å². The van der Waals surface area contributed by atoms with E-state index < -0.39 is 0 Å². The lowest BCUT2D eigenvalue weighted by atomic mass is 10.0. The van der Waals surface area contributed by atoms with Gasteiger partial charge in [0.2, 0.25) is 0 Å². The van der Waals surface area contributed by atoms with Gasteiger partial charge in [0, 0.05) is 33.7 Å². The summed E-state index contributed by atoms with van der Waals surface area (Å²) in [5.41, 5.74) is 7.83. The van der Waals surface area contributed by atoms with Crippen LogP contribution in [-0.2, 0) is 0 Å². The molecular formula is C37H23N3. The van der Waals surface area contributed by atoms with Crippen molar-refractivity contribution in [3.05, 3.63) is 140 Å². The van der Waals surface area contributed by atoms with E-state index >= 15 is 0 Å². The lowest BCUT2D eigenvalue weighted by Gasteiger charge is -2.10. The van der Waals surface area contributed by atoms with E-state index in [1.54, 1.807) is 0 Å². The van der Waals surface area contributed by atoms with E-state index in [1.165, 1.54) is 21.5 Å². The number of benzene rings is 5. The van der Waals surface area contributed by atoms with Gasteiger partial charge in [-0.2, -0.15) is 0 Å². The second-order valence-corrected chi connectivity index (χ2v) is 10.1. The van der Waals surface area contributed by atoms with Gasteiger partial charge in [-0.05, 0) is 45.8 Å². The number of rotatable bonds is 3. The average Bonchev–Trinajstić information content (AvgIpc) is 3.04. The van der Waals surface area contributed by atoms with Crippen LogP contribution in [0.4, 0.5) is 0 Å². The van der Waals surface area contributed by atoms with Gasteiger partial charge < -0.3 is 0 Å². The van der Waals surface area contributed by atoms with Crippen molar-refractivity contribution in [2.45, 2.75) is 0 Å². The highest BCUT2D eigenvalue weighted by Crippen LogP contribution is 2.32. The molecule has 0 saturated heterocycles. The molecule has 0 fully saturated rings. The molecule has 8 aromatic rings. The molecule has 40 heavy (non-hydrogen) atoms. The molecule has 3 heteroatoms. The summed E-state index contributed by atoms with van der Waals surface area (Å²) < 4.78 is 0. The summed E-state index contributed by atoms with van der Waals surface area (Å²) in [5.74, 6) is 0.